The van der Waals surface area contributed by atoms with Gasteiger partial charge in [0.25, 0.3) is 0 Å². The number of nitrogens with one attached hydrogen (secondary N) is 1. The third-order valence-corrected chi connectivity index (χ3v) is 3.91. The molecular weight excluding hydrogens is 363 g/mol. The van der Waals surface area contributed by atoms with Crippen molar-refractivity contribution >= 4 is 22.6 Å². The summed E-state index contributed by atoms with van der Waals surface area (Å²) >= 11 is 2.28. The molecule has 0 amide bonds. The van der Waals surface area contributed by atoms with E-state index in [4.69, 9.17) is 4.74 Å². The van der Waals surface area contributed by atoms with Crippen LogP contribution in [0.1, 0.15) is 24.1 Å². The van der Waals surface area contributed by atoms with Crippen LogP contribution in [0.2, 0.25) is 0 Å². The predicted octanol–water partition coefficient (Wildman–Crippen LogP) is 3.52. The average molecular weight is 380 g/mol. The highest BCUT2D eigenvalue weighted by Crippen LogP contribution is 2.19. The van der Waals surface area contributed by atoms with Crippen LogP contribution in [0.3, 0.4) is 0 Å². The Hall–Kier alpha value is -1.14. The second kappa shape index (κ2) is 6.54. The zero-order valence-electron chi connectivity index (χ0n) is 11.2. The van der Waals surface area contributed by atoms with Gasteiger partial charge in [-0.15, -0.1) is 0 Å². The number of benzene rings is 1. The average Bonchev–Trinajstić information content (AvgIpc) is 3.28. The molecule has 1 aliphatic rings. The van der Waals surface area contributed by atoms with Crippen LogP contribution in [0.4, 0.5) is 0 Å². The van der Waals surface area contributed by atoms with Gasteiger partial charge in [-0.1, -0.05) is 12.1 Å². The number of hydrogen-bond acceptors (Lipinski definition) is 3. The van der Waals surface area contributed by atoms with E-state index in [0.717, 1.165) is 24.0 Å². The standard InChI is InChI=1S/C16H17IN2O/c17-13-2-1-3-16(8-13)20-11-15-5-4-12(10-19-15)9-18-14-6-7-14/h1-5,8,10,14,18H,6-7,9,11H2. The number of rotatable bonds is 6. The van der Waals surface area contributed by atoms with Gasteiger partial charge in [-0.05, 0) is 65.3 Å². The molecule has 1 fully saturated rings. The summed E-state index contributed by atoms with van der Waals surface area (Å²) in [6.45, 7) is 1.42. The molecule has 4 heteroatoms. The van der Waals surface area contributed by atoms with Gasteiger partial charge in [-0.25, -0.2) is 0 Å². The molecule has 0 atom stereocenters. The van der Waals surface area contributed by atoms with E-state index in [1.54, 1.807) is 0 Å². The Morgan fingerprint density at radius 1 is 1.25 bits per heavy atom. The smallest absolute Gasteiger partial charge is 0.130 e. The summed E-state index contributed by atoms with van der Waals surface area (Å²) in [5.41, 5.74) is 2.19. The zero-order chi connectivity index (χ0) is 13.8. The van der Waals surface area contributed by atoms with Crippen molar-refractivity contribution in [2.45, 2.75) is 32.0 Å². The lowest BCUT2D eigenvalue weighted by Gasteiger charge is -2.07. The quantitative estimate of drug-likeness (QED) is 0.779. The van der Waals surface area contributed by atoms with Crippen molar-refractivity contribution in [3.8, 4) is 5.75 Å². The molecule has 1 saturated carbocycles. The monoisotopic (exact) mass is 380 g/mol. The topological polar surface area (TPSA) is 34.1 Å². The van der Waals surface area contributed by atoms with Crippen LogP contribution in [0, 0.1) is 3.57 Å². The van der Waals surface area contributed by atoms with Gasteiger partial charge in [-0.3, -0.25) is 4.98 Å². The SMILES string of the molecule is Ic1cccc(OCc2ccc(CNC3CC3)cn2)c1. The van der Waals surface area contributed by atoms with Crippen molar-refractivity contribution in [3.05, 3.63) is 57.4 Å². The van der Waals surface area contributed by atoms with Gasteiger partial charge in [0.2, 0.25) is 0 Å². The fourth-order valence-corrected chi connectivity index (χ4v) is 2.42. The van der Waals surface area contributed by atoms with Crippen LogP contribution >= 0.6 is 22.6 Å². The third-order valence-electron chi connectivity index (χ3n) is 3.24. The maximum Gasteiger partial charge on any atom is 0.130 e. The Balaban J connectivity index is 1.52. The maximum absolute atomic E-state index is 5.74. The van der Waals surface area contributed by atoms with E-state index in [1.165, 1.54) is 22.0 Å². The predicted molar refractivity (Wildman–Crippen MR) is 87.6 cm³/mol. The summed E-state index contributed by atoms with van der Waals surface area (Å²) in [4.78, 5) is 4.45. The molecule has 0 bridgehead atoms. The first-order valence-corrected chi connectivity index (χ1v) is 7.93. The number of pyridine rings is 1. The van der Waals surface area contributed by atoms with Crippen molar-refractivity contribution in [1.29, 1.82) is 0 Å². The highest BCUT2D eigenvalue weighted by Gasteiger charge is 2.19. The van der Waals surface area contributed by atoms with Gasteiger partial charge < -0.3 is 10.1 Å². The first-order chi connectivity index (χ1) is 9.79. The van der Waals surface area contributed by atoms with Crippen molar-refractivity contribution in [2.75, 3.05) is 0 Å². The molecule has 104 valence electrons. The van der Waals surface area contributed by atoms with Crippen LogP contribution in [0.5, 0.6) is 5.75 Å². The van der Waals surface area contributed by atoms with Gasteiger partial charge >= 0.3 is 0 Å². The zero-order valence-corrected chi connectivity index (χ0v) is 13.3. The Morgan fingerprint density at radius 3 is 2.85 bits per heavy atom. The lowest BCUT2D eigenvalue weighted by molar-refractivity contribution is 0.301. The fourth-order valence-electron chi connectivity index (χ4n) is 1.91. The molecular formula is C16H17IN2O. The van der Waals surface area contributed by atoms with E-state index in [1.807, 2.05) is 36.5 Å². The Morgan fingerprint density at radius 2 is 2.15 bits per heavy atom. The minimum atomic E-state index is 0.510. The third kappa shape index (κ3) is 4.18. The molecule has 0 saturated heterocycles. The van der Waals surface area contributed by atoms with E-state index in [9.17, 15) is 0 Å². The summed E-state index contributed by atoms with van der Waals surface area (Å²) in [7, 11) is 0. The first kappa shape index (κ1) is 13.8. The molecule has 3 rings (SSSR count). The minimum Gasteiger partial charge on any atom is -0.487 e. The largest absolute Gasteiger partial charge is 0.487 e. The molecule has 2 aromatic rings. The summed E-state index contributed by atoms with van der Waals surface area (Å²) in [6, 6.07) is 12.9. The summed E-state index contributed by atoms with van der Waals surface area (Å²) < 4.78 is 6.91. The second-order valence-corrected chi connectivity index (χ2v) is 6.30. The second-order valence-electron chi connectivity index (χ2n) is 5.06. The molecule has 1 N–H and O–H groups in total. The van der Waals surface area contributed by atoms with Gasteiger partial charge in [-0.2, -0.15) is 0 Å². The molecule has 3 nitrogen and oxygen atoms in total. The normalized spacial score (nSPS) is 14.2. The first-order valence-electron chi connectivity index (χ1n) is 6.85. The van der Waals surface area contributed by atoms with Crippen LogP contribution < -0.4 is 10.1 Å². The van der Waals surface area contributed by atoms with E-state index < -0.39 is 0 Å². The summed E-state index contributed by atoms with van der Waals surface area (Å²) in [5.74, 6) is 0.887. The molecule has 20 heavy (non-hydrogen) atoms. The van der Waals surface area contributed by atoms with E-state index in [0.29, 0.717) is 6.61 Å². The van der Waals surface area contributed by atoms with Crippen molar-refractivity contribution in [3.63, 3.8) is 0 Å². The highest BCUT2D eigenvalue weighted by molar-refractivity contribution is 14.1. The Labute approximate surface area is 132 Å². The number of halogens is 1. The van der Waals surface area contributed by atoms with Crippen LogP contribution in [-0.2, 0) is 13.2 Å². The Kier molecular flexibility index (Phi) is 4.52. The minimum absolute atomic E-state index is 0.510. The van der Waals surface area contributed by atoms with Crippen LogP contribution in [0.25, 0.3) is 0 Å². The van der Waals surface area contributed by atoms with Gasteiger partial charge in [0.1, 0.15) is 12.4 Å². The van der Waals surface area contributed by atoms with E-state index in [-0.39, 0.29) is 0 Å². The highest BCUT2D eigenvalue weighted by atomic mass is 127. The van der Waals surface area contributed by atoms with E-state index >= 15 is 0 Å². The Bertz CT molecular complexity index is 567. The fraction of sp³-hybridized carbons (Fsp3) is 0.312. The molecule has 0 radical (unpaired) electrons. The molecule has 0 unspecified atom stereocenters. The van der Waals surface area contributed by atoms with Crippen molar-refractivity contribution < 1.29 is 4.74 Å². The van der Waals surface area contributed by atoms with Crippen molar-refractivity contribution in [1.82, 2.24) is 10.3 Å². The van der Waals surface area contributed by atoms with E-state index in [2.05, 4.69) is 39.0 Å². The molecule has 1 aliphatic carbocycles. The van der Waals surface area contributed by atoms with Gasteiger partial charge in [0.15, 0.2) is 0 Å². The number of ether oxygens (including phenoxy) is 1. The van der Waals surface area contributed by atoms with Crippen LogP contribution in [0.15, 0.2) is 42.6 Å². The van der Waals surface area contributed by atoms with Crippen molar-refractivity contribution in [2.24, 2.45) is 0 Å². The molecule has 0 aliphatic heterocycles. The summed E-state index contributed by atoms with van der Waals surface area (Å²) in [5, 5.41) is 3.48. The maximum atomic E-state index is 5.74. The molecule has 1 aromatic carbocycles. The lowest BCUT2D eigenvalue weighted by atomic mass is 10.2. The lowest BCUT2D eigenvalue weighted by Crippen LogP contribution is -2.15. The molecule has 1 aromatic heterocycles. The van der Waals surface area contributed by atoms with Gasteiger partial charge in [0.05, 0.1) is 5.69 Å². The number of hydrogen-bond donors (Lipinski definition) is 1. The summed E-state index contributed by atoms with van der Waals surface area (Å²) in [6.07, 6.45) is 4.56. The number of aromatic nitrogens is 1. The molecule has 0 spiro atoms. The van der Waals surface area contributed by atoms with Gasteiger partial charge in [0, 0.05) is 22.4 Å². The number of nitrogens with zero attached hydrogens (tertiary/aromatic N) is 1. The van der Waals surface area contributed by atoms with Crippen LogP contribution in [-0.4, -0.2) is 11.0 Å². The molecule has 1 heterocycles.